The van der Waals surface area contributed by atoms with E-state index in [1.54, 1.807) is 11.3 Å². The Hall–Kier alpha value is -0.380. The van der Waals surface area contributed by atoms with E-state index in [9.17, 15) is 5.11 Å². The summed E-state index contributed by atoms with van der Waals surface area (Å²) in [7, 11) is 0. The molecule has 1 N–H and O–H groups in total. The lowest BCUT2D eigenvalue weighted by Crippen LogP contribution is -2.22. The van der Waals surface area contributed by atoms with Crippen LogP contribution < -0.4 is 0 Å². The number of rotatable bonds is 4. The van der Waals surface area contributed by atoms with Crippen LogP contribution in [0.1, 0.15) is 42.4 Å². The molecular formula is C13H20O2S. The van der Waals surface area contributed by atoms with Crippen molar-refractivity contribution in [3.05, 3.63) is 21.9 Å². The molecule has 2 nitrogen and oxygen atoms in total. The number of aliphatic hydroxyl groups is 1. The summed E-state index contributed by atoms with van der Waals surface area (Å²) >= 11 is 1.69. The summed E-state index contributed by atoms with van der Waals surface area (Å²) in [4.78, 5) is 2.33. The molecule has 1 aliphatic heterocycles. The van der Waals surface area contributed by atoms with Crippen LogP contribution in [-0.4, -0.2) is 17.8 Å². The second kappa shape index (κ2) is 4.86. The Morgan fingerprint density at radius 3 is 2.94 bits per heavy atom. The van der Waals surface area contributed by atoms with E-state index in [0.29, 0.717) is 6.10 Å². The molecule has 0 aromatic carbocycles. The molecule has 1 aromatic rings. The quantitative estimate of drug-likeness (QED) is 0.875. The molecule has 0 spiro atoms. The standard InChI is InChI=1S/C13H20O2S/c1-10-5-6-12(16-10)13(2,14)8-7-11-4-3-9-15-11/h5-6,11,14H,3-4,7-9H2,1-2H3. The highest BCUT2D eigenvalue weighted by Gasteiger charge is 2.27. The van der Waals surface area contributed by atoms with Crippen molar-refractivity contribution in [3.63, 3.8) is 0 Å². The van der Waals surface area contributed by atoms with E-state index >= 15 is 0 Å². The summed E-state index contributed by atoms with van der Waals surface area (Å²) in [5.41, 5.74) is -0.690. The third-order valence-electron chi connectivity index (χ3n) is 3.25. The van der Waals surface area contributed by atoms with E-state index in [2.05, 4.69) is 13.0 Å². The second-order valence-electron chi connectivity index (χ2n) is 4.86. The van der Waals surface area contributed by atoms with Gasteiger partial charge in [0.1, 0.15) is 0 Å². The van der Waals surface area contributed by atoms with Crippen molar-refractivity contribution in [2.45, 2.75) is 51.2 Å². The lowest BCUT2D eigenvalue weighted by atomic mass is 9.95. The van der Waals surface area contributed by atoms with Gasteiger partial charge >= 0.3 is 0 Å². The van der Waals surface area contributed by atoms with Crippen LogP contribution in [0, 0.1) is 6.92 Å². The predicted octanol–water partition coefficient (Wildman–Crippen LogP) is 3.22. The van der Waals surface area contributed by atoms with Gasteiger partial charge in [-0.25, -0.2) is 0 Å². The topological polar surface area (TPSA) is 29.5 Å². The third-order valence-corrected chi connectivity index (χ3v) is 4.50. The third kappa shape index (κ3) is 2.84. The Kier molecular flexibility index (Phi) is 3.67. The molecule has 0 aliphatic carbocycles. The first-order valence-electron chi connectivity index (χ1n) is 5.99. The van der Waals surface area contributed by atoms with Crippen molar-refractivity contribution in [1.29, 1.82) is 0 Å². The summed E-state index contributed by atoms with van der Waals surface area (Å²) in [5.74, 6) is 0. The average molecular weight is 240 g/mol. The molecule has 90 valence electrons. The van der Waals surface area contributed by atoms with Crippen LogP contribution >= 0.6 is 11.3 Å². The molecule has 2 rings (SSSR count). The van der Waals surface area contributed by atoms with Crippen molar-refractivity contribution in [2.75, 3.05) is 6.61 Å². The van der Waals surface area contributed by atoms with E-state index in [-0.39, 0.29) is 0 Å². The van der Waals surface area contributed by atoms with Crippen LogP contribution in [0.25, 0.3) is 0 Å². The minimum atomic E-state index is -0.690. The van der Waals surface area contributed by atoms with Gasteiger partial charge in [-0.3, -0.25) is 0 Å². The Labute approximate surface area is 101 Å². The molecule has 2 atom stereocenters. The Morgan fingerprint density at radius 1 is 1.56 bits per heavy atom. The van der Waals surface area contributed by atoms with Crippen LogP contribution in [0.2, 0.25) is 0 Å². The summed E-state index contributed by atoms with van der Waals surface area (Å²) in [5, 5.41) is 10.4. The smallest absolute Gasteiger partial charge is 0.0960 e. The van der Waals surface area contributed by atoms with Gasteiger partial charge in [-0.1, -0.05) is 0 Å². The SMILES string of the molecule is Cc1ccc(C(C)(O)CCC2CCCO2)s1. The van der Waals surface area contributed by atoms with Crippen molar-refractivity contribution in [1.82, 2.24) is 0 Å². The van der Waals surface area contributed by atoms with Crippen molar-refractivity contribution >= 4 is 11.3 Å². The van der Waals surface area contributed by atoms with Gasteiger partial charge in [0, 0.05) is 16.4 Å². The monoisotopic (exact) mass is 240 g/mol. The Balaban J connectivity index is 1.91. The molecule has 1 aromatic heterocycles. The van der Waals surface area contributed by atoms with Gasteiger partial charge in [-0.05, 0) is 51.7 Å². The number of hydrogen-bond acceptors (Lipinski definition) is 3. The fraction of sp³-hybridized carbons (Fsp3) is 0.692. The van der Waals surface area contributed by atoms with E-state index in [0.717, 1.165) is 30.7 Å². The molecule has 0 bridgehead atoms. The van der Waals surface area contributed by atoms with Crippen molar-refractivity contribution in [2.24, 2.45) is 0 Å². The maximum absolute atomic E-state index is 10.4. The Bertz CT molecular complexity index is 337. The lowest BCUT2D eigenvalue weighted by molar-refractivity contribution is 0.0248. The molecule has 1 fully saturated rings. The highest BCUT2D eigenvalue weighted by molar-refractivity contribution is 7.12. The minimum absolute atomic E-state index is 0.368. The largest absolute Gasteiger partial charge is 0.385 e. The number of aryl methyl sites for hydroxylation is 1. The molecule has 0 radical (unpaired) electrons. The van der Waals surface area contributed by atoms with Crippen LogP contribution in [0.3, 0.4) is 0 Å². The highest BCUT2D eigenvalue weighted by atomic mass is 32.1. The zero-order valence-corrected chi connectivity index (χ0v) is 10.8. The molecule has 0 amide bonds. The average Bonchev–Trinajstić information content (AvgIpc) is 2.85. The van der Waals surface area contributed by atoms with Crippen LogP contribution in [0.5, 0.6) is 0 Å². The zero-order valence-electron chi connectivity index (χ0n) is 10.0. The van der Waals surface area contributed by atoms with E-state index in [4.69, 9.17) is 4.74 Å². The van der Waals surface area contributed by atoms with Crippen molar-refractivity contribution in [3.8, 4) is 0 Å². The molecule has 1 saturated heterocycles. The van der Waals surface area contributed by atoms with Crippen LogP contribution in [0.4, 0.5) is 0 Å². The zero-order chi connectivity index (χ0) is 11.6. The maximum atomic E-state index is 10.4. The van der Waals surface area contributed by atoms with Gasteiger partial charge in [0.2, 0.25) is 0 Å². The summed E-state index contributed by atoms with van der Waals surface area (Å²) in [6, 6.07) is 4.11. The first-order chi connectivity index (χ1) is 7.58. The predicted molar refractivity (Wildman–Crippen MR) is 66.8 cm³/mol. The van der Waals surface area contributed by atoms with Gasteiger partial charge in [0.25, 0.3) is 0 Å². The summed E-state index contributed by atoms with van der Waals surface area (Å²) in [6.07, 6.45) is 4.44. The normalized spacial score (nSPS) is 24.6. The number of thiophene rings is 1. The molecule has 16 heavy (non-hydrogen) atoms. The fourth-order valence-electron chi connectivity index (χ4n) is 2.16. The molecular weight excluding hydrogens is 220 g/mol. The van der Waals surface area contributed by atoms with E-state index < -0.39 is 5.60 Å². The van der Waals surface area contributed by atoms with Gasteiger partial charge in [0.05, 0.1) is 11.7 Å². The van der Waals surface area contributed by atoms with E-state index in [1.165, 1.54) is 11.3 Å². The van der Waals surface area contributed by atoms with Gasteiger partial charge in [-0.15, -0.1) is 11.3 Å². The first-order valence-corrected chi connectivity index (χ1v) is 6.80. The number of ether oxygens (including phenoxy) is 1. The molecule has 2 heterocycles. The maximum Gasteiger partial charge on any atom is 0.0960 e. The fourth-order valence-corrected chi connectivity index (χ4v) is 3.10. The lowest BCUT2D eigenvalue weighted by Gasteiger charge is -2.23. The highest BCUT2D eigenvalue weighted by Crippen LogP contribution is 2.33. The van der Waals surface area contributed by atoms with Gasteiger partial charge in [0.15, 0.2) is 0 Å². The van der Waals surface area contributed by atoms with Crippen LogP contribution in [0.15, 0.2) is 12.1 Å². The molecule has 3 heteroatoms. The minimum Gasteiger partial charge on any atom is -0.385 e. The van der Waals surface area contributed by atoms with Crippen LogP contribution in [-0.2, 0) is 10.3 Å². The molecule has 0 saturated carbocycles. The Morgan fingerprint density at radius 2 is 2.38 bits per heavy atom. The second-order valence-corrected chi connectivity index (χ2v) is 6.15. The summed E-state index contributed by atoms with van der Waals surface area (Å²) in [6.45, 7) is 4.88. The molecule has 2 unspecified atom stereocenters. The molecule has 1 aliphatic rings. The van der Waals surface area contributed by atoms with Gasteiger partial charge < -0.3 is 9.84 Å². The number of hydrogen-bond donors (Lipinski definition) is 1. The summed E-state index contributed by atoms with van der Waals surface area (Å²) < 4.78 is 5.58. The van der Waals surface area contributed by atoms with Crippen molar-refractivity contribution < 1.29 is 9.84 Å². The van der Waals surface area contributed by atoms with Gasteiger partial charge in [-0.2, -0.15) is 0 Å². The van der Waals surface area contributed by atoms with E-state index in [1.807, 2.05) is 13.0 Å². The first kappa shape index (κ1) is 12.1.